The standard InChI is InChI=1S/C17H19NO.C14H23NO.C12H23NO.C11H21NO.C10H19NO.C9H17NO.C9H19NO.2C8H17NO.C6H13NO/c1-13(19)17(18-2)12-14-8-10-16(11-9-14)15-6-4-3-5-7-15;1-9(16)13(15-2)14-6-10-3-11(7-14)5-12(4-10)8-14;1-10(14)12(13-2)9-8-11-6-4-3-5-7-11;1-9(13)11(12-2)8-10-6-4-3-5-7-10;1-8(12)10(11-2)9-6-4-3-5-7-9;1-7(11)9(10-2)6-8-4-3-5-8;1-7(2)5-6-9(10-4)8(3)11;1-6(10)7(9-5)8(2,3)4;1-4-5-6-8(9-3)7(2)10;1-4-6(7-3)5(2)8/h3-11,17-18H,12H2,1-2H3;10-13,15H,3-8H2,1-2H3;11-13H,3-9H2,1-2H3;10-12H,3-8H2,1-2H3;9-11H,3-7H2,1-2H3;8-10H,3-6H2,1-2H3;7,9-10H,5-6H2,1-4H3;7,9H,1-5H3;8-9H,4-6H2,1-3H3;6-7H,4H2,1-3H3/t17-;10?,11?,12?,13-,14?;12-;11-;10-;2*9-;7-;8-;6-/m0100100100/s1. The minimum absolute atomic E-state index is 0.0208. The van der Waals surface area contributed by atoms with Crippen molar-refractivity contribution in [3.8, 4) is 11.1 Å². The number of hydrogen-bond donors (Lipinski definition) is 10. The molecule has 10 rings (SSSR count). The van der Waals surface area contributed by atoms with Gasteiger partial charge in [-0.25, -0.2) is 0 Å². The topological polar surface area (TPSA) is 291 Å². The van der Waals surface area contributed by atoms with Crippen LogP contribution in [0.3, 0.4) is 0 Å². The van der Waals surface area contributed by atoms with E-state index in [0.717, 1.165) is 99.7 Å². The third-order valence-corrected chi connectivity index (χ3v) is 27.2. The first-order valence-corrected chi connectivity index (χ1v) is 48.6. The van der Waals surface area contributed by atoms with Gasteiger partial charge in [0, 0.05) is 0 Å². The summed E-state index contributed by atoms with van der Waals surface area (Å²) in [4.78, 5) is 111. The van der Waals surface area contributed by atoms with Crippen molar-refractivity contribution in [3.05, 3.63) is 60.2 Å². The summed E-state index contributed by atoms with van der Waals surface area (Å²) in [6.45, 7) is 31.2. The summed E-state index contributed by atoms with van der Waals surface area (Å²) in [5, 5.41) is 30.6. The lowest BCUT2D eigenvalue weighted by Crippen LogP contribution is -2.57. The number of nitrogens with one attached hydrogen (secondary N) is 10. The molecule has 20 heteroatoms. The number of benzene rings is 2. The summed E-state index contributed by atoms with van der Waals surface area (Å²) >= 11 is 0. The van der Waals surface area contributed by atoms with E-state index < -0.39 is 0 Å². The third-order valence-electron chi connectivity index (χ3n) is 27.2. The van der Waals surface area contributed by atoms with Crippen molar-refractivity contribution in [1.82, 2.24) is 53.2 Å². The Morgan fingerprint density at radius 3 is 1.02 bits per heavy atom. The van der Waals surface area contributed by atoms with Gasteiger partial charge in [0.05, 0.1) is 60.4 Å². The third kappa shape index (κ3) is 49.5. The highest BCUT2D eigenvalue weighted by Crippen LogP contribution is 2.61. The van der Waals surface area contributed by atoms with Crippen LogP contribution in [0.1, 0.15) is 342 Å². The zero-order chi connectivity index (χ0) is 94.1. The Hall–Kier alpha value is -5.26. The Morgan fingerprint density at radius 2 is 0.734 bits per heavy atom. The lowest BCUT2D eigenvalue weighted by molar-refractivity contribution is -0.131. The molecule has 0 radical (unpaired) electrons. The molecule has 714 valence electrons. The fraction of sp³-hybridized carbons (Fsp3) is 0.788. The van der Waals surface area contributed by atoms with Crippen LogP contribution >= 0.6 is 0 Å². The van der Waals surface area contributed by atoms with Gasteiger partial charge in [0.1, 0.15) is 57.8 Å². The number of ketones is 10. The molecule has 0 amide bonds. The molecule has 0 spiro atoms. The molecule has 20 nitrogen and oxygen atoms in total. The van der Waals surface area contributed by atoms with Crippen LogP contribution in [0.4, 0.5) is 0 Å². The first-order chi connectivity index (χ1) is 58.7. The minimum Gasteiger partial charge on any atom is -0.311 e. The second kappa shape index (κ2) is 67.9. The molecule has 0 aliphatic heterocycles. The van der Waals surface area contributed by atoms with Gasteiger partial charge in [-0.3, -0.25) is 47.9 Å². The van der Waals surface area contributed by atoms with Gasteiger partial charge in [-0.15, -0.1) is 0 Å². The lowest BCUT2D eigenvalue weighted by Gasteiger charge is -2.59. The summed E-state index contributed by atoms with van der Waals surface area (Å²) in [6, 6.07) is 19.3. The maximum Gasteiger partial charge on any atom is 0.147 e. The zero-order valence-electron chi connectivity index (χ0n) is 83.9. The quantitative estimate of drug-likeness (QED) is 0.0298. The van der Waals surface area contributed by atoms with Gasteiger partial charge in [-0.05, 0) is 324 Å². The predicted octanol–water partition coefficient (Wildman–Crippen LogP) is 17.9. The fourth-order valence-electron chi connectivity index (χ4n) is 20.0. The van der Waals surface area contributed by atoms with Crippen LogP contribution in [0, 0.1) is 58.2 Å². The summed E-state index contributed by atoms with van der Waals surface area (Å²) in [5.41, 5.74) is 3.95. The molecule has 10 N–H and O–H groups in total. The van der Waals surface area contributed by atoms with Crippen molar-refractivity contribution < 1.29 is 47.9 Å². The van der Waals surface area contributed by atoms with Gasteiger partial charge in [-0.1, -0.05) is 219 Å². The molecule has 4 bridgehead atoms. The molecule has 8 saturated carbocycles. The highest BCUT2D eigenvalue weighted by atomic mass is 16.2. The summed E-state index contributed by atoms with van der Waals surface area (Å²) in [7, 11) is 18.6. The van der Waals surface area contributed by atoms with E-state index in [0.29, 0.717) is 28.8 Å². The normalized spacial score (nSPS) is 20.8. The van der Waals surface area contributed by atoms with Gasteiger partial charge in [0.15, 0.2) is 0 Å². The van der Waals surface area contributed by atoms with E-state index in [1.807, 2.05) is 88.6 Å². The Morgan fingerprint density at radius 1 is 0.363 bits per heavy atom. The molecule has 124 heavy (non-hydrogen) atoms. The largest absolute Gasteiger partial charge is 0.311 e. The molecule has 10 atom stereocenters. The van der Waals surface area contributed by atoms with Gasteiger partial charge in [-0.2, -0.15) is 0 Å². The van der Waals surface area contributed by atoms with E-state index in [4.69, 9.17) is 0 Å². The molecule has 8 fully saturated rings. The lowest BCUT2D eigenvalue weighted by atomic mass is 9.47. The van der Waals surface area contributed by atoms with Crippen molar-refractivity contribution in [2.45, 2.75) is 403 Å². The zero-order valence-corrected chi connectivity index (χ0v) is 83.9. The number of unbranched alkanes of at least 4 members (excludes halogenated alkanes) is 1. The maximum absolute atomic E-state index is 11.8. The molecule has 0 saturated heterocycles. The summed E-state index contributed by atoms with van der Waals surface area (Å²) < 4.78 is 0. The molecule has 2 aromatic carbocycles. The number of Topliss-reactive ketones (excluding diaryl/α,β-unsaturated/α-hetero) is 10. The number of hydrogen-bond acceptors (Lipinski definition) is 20. The maximum atomic E-state index is 11.8. The monoisotopic (exact) mass is 1740 g/mol. The predicted molar refractivity (Wildman–Crippen MR) is 520 cm³/mol. The highest BCUT2D eigenvalue weighted by molar-refractivity contribution is 5.85. The van der Waals surface area contributed by atoms with E-state index in [9.17, 15) is 47.9 Å². The SMILES string of the molecule is CCCC[C@H](NC)C(C)=O.CC[C@H](NC)C(C)=O.CN[C@@H](CC1CCC1)C(C)=O.CN[C@@H](CC1CCCCC1)C(C)=O.CN[C@@H](CCC(C)C)C(C)=O.CN[C@@H](CCC1CCCCC1)C(C)=O.CN[C@@H](Cc1ccc(-c2ccccc2)cc1)C(C)=O.CN[C@H](C(C)=O)C(C)(C)C.CN[C@H](C(C)=O)C12CC3CC(CC(C3)C1)C2.CN[C@H](C(C)=O)C1CCCCC1. The second-order valence-electron chi connectivity index (χ2n) is 38.9. The van der Waals surface area contributed by atoms with Crippen LogP contribution in [0.5, 0.6) is 0 Å². The van der Waals surface area contributed by atoms with Gasteiger partial charge in [0.25, 0.3) is 0 Å². The fourth-order valence-corrected chi connectivity index (χ4v) is 20.0. The highest BCUT2D eigenvalue weighted by Gasteiger charge is 2.55. The number of carbonyl (C=O) groups excluding carboxylic acids is 10. The molecule has 8 aliphatic carbocycles. The van der Waals surface area contributed by atoms with Crippen molar-refractivity contribution in [2.75, 3.05) is 70.5 Å². The summed E-state index contributed by atoms with van der Waals surface area (Å²) in [5.74, 6) is 9.15. The van der Waals surface area contributed by atoms with E-state index in [2.05, 4.69) is 131 Å². The van der Waals surface area contributed by atoms with Crippen LogP contribution in [0.25, 0.3) is 11.1 Å². The van der Waals surface area contributed by atoms with E-state index >= 15 is 0 Å². The molecule has 8 aliphatic rings. The van der Waals surface area contributed by atoms with Crippen molar-refractivity contribution in [3.63, 3.8) is 0 Å². The molecule has 0 aromatic heterocycles. The minimum atomic E-state index is -0.0948. The second-order valence-corrected chi connectivity index (χ2v) is 38.9. The van der Waals surface area contributed by atoms with Gasteiger partial charge in [0.2, 0.25) is 0 Å². The number of rotatable bonds is 39. The molecule has 0 heterocycles. The average molecular weight is 1740 g/mol. The molecule has 0 unspecified atom stereocenters. The first kappa shape index (κ1) is 119. The van der Waals surface area contributed by atoms with Crippen molar-refractivity contribution in [2.24, 2.45) is 58.2 Å². The van der Waals surface area contributed by atoms with Crippen LogP contribution < -0.4 is 53.2 Å². The number of likely N-dealkylation sites (N-methyl/N-ethyl adjacent to an activating group) is 10. The summed E-state index contributed by atoms with van der Waals surface area (Å²) in [6.07, 6.45) is 43.7. The Bertz CT molecular complexity index is 3190. The molecule has 2 aromatic rings. The van der Waals surface area contributed by atoms with E-state index in [1.165, 1.54) is 177 Å². The molecular formula is C104H188N10O10. The van der Waals surface area contributed by atoms with Crippen molar-refractivity contribution >= 4 is 57.8 Å². The van der Waals surface area contributed by atoms with Crippen LogP contribution in [-0.4, -0.2) is 189 Å². The van der Waals surface area contributed by atoms with Crippen LogP contribution in [-0.2, 0) is 54.4 Å². The van der Waals surface area contributed by atoms with E-state index in [1.54, 1.807) is 76.3 Å². The van der Waals surface area contributed by atoms with Gasteiger partial charge >= 0.3 is 0 Å². The molecular weight excluding hydrogens is 1550 g/mol. The first-order valence-electron chi connectivity index (χ1n) is 48.6. The smallest absolute Gasteiger partial charge is 0.147 e. The van der Waals surface area contributed by atoms with Gasteiger partial charge < -0.3 is 53.2 Å². The number of carbonyl (C=O) groups is 10. The van der Waals surface area contributed by atoms with Crippen LogP contribution in [0.2, 0.25) is 0 Å². The van der Waals surface area contributed by atoms with Crippen molar-refractivity contribution in [1.29, 1.82) is 0 Å². The average Bonchev–Trinajstić information content (AvgIpc) is 0.736. The Kier molecular flexibility index (Phi) is 65.0. The Labute approximate surface area is 757 Å². The Balaban J connectivity index is 0.00000137. The van der Waals surface area contributed by atoms with E-state index in [-0.39, 0.29) is 112 Å². The van der Waals surface area contributed by atoms with Crippen LogP contribution in [0.15, 0.2) is 54.6 Å².